The number of nitrogens with one attached hydrogen (secondary N) is 2. The number of rotatable bonds is 5. The number of amides is 3. The van der Waals surface area contributed by atoms with Crippen LogP contribution in [0.1, 0.15) is 19.3 Å². The van der Waals surface area contributed by atoms with Gasteiger partial charge in [0, 0.05) is 13.1 Å². The molecule has 2 bridgehead atoms. The maximum absolute atomic E-state index is 13.7. The minimum absolute atomic E-state index is 0.0749. The summed E-state index contributed by atoms with van der Waals surface area (Å²) in [5, 5.41) is 3.41. The first-order valence-electron chi connectivity index (χ1n) is 7.83. The third-order valence-corrected chi connectivity index (χ3v) is 4.81. The Morgan fingerprint density at radius 3 is 2.80 bits per heavy atom. The van der Waals surface area contributed by atoms with E-state index in [1.807, 2.05) is 0 Å². The number of carbonyl (C=O) groups excluding carboxylic acids is 2. The van der Waals surface area contributed by atoms with Crippen LogP contribution in [0.4, 0.5) is 9.18 Å². The number of nitrogens with zero attached hydrogens (tertiary/aromatic N) is 2. The van der Waals surface area contributed by atoms with Crippen molar-refractivity contribution in [1.82, 2.24) is 20.8 Å². The van der Waals surface area contributed by atoms with Gasteiger partial charge in [0.1, 0.15) is 18.3 Å². The number of fused-ring (bicyclic) bond motifs is 2. The molecule has 13 heteroatoms. The summed E-state index contributed by atoms with van der Waals surface area (Å²) in [5.41, 5.74) is 2.19. The predicted molar refractivity (Wildman–Crippen MR) is 78.8 cm³/mol. The number of hydrogen-bond donors (Lipinski definition) is 3. The Morgan fingerprint density at radius 2 is 2.12 bits per heavy atom. The SMILES string of the molecule is O=C(NOC1CCNCC1F)[C@@H]1CCC2CN1C(=O)N2OS(=O)(=O)O. The first-order valence-corrected chi connectivity index (χ1v) is 9.20. The van der Waals surface area contributed by atoms with Crippen molar-refractivity contribution in [1.29, 1.82) is 0 Å². The molecular formula is C12H19FN4O7S. The van der Waals surface area contributed by atoms with Gasteiger partial charge in [0.05, 0.1) is 6.04 Å². The third-order valence-electron chi connectivity index (χ3n) is 4.46. The fraction of sp³-hybridized carbons (Fsp3) is 0.833. The van der Waals surface area contributed by atoms with Gasteiger partial charge in [-0.15, -0.1) is 4.28 Å². The molecule has 3 N–H and O–H groups in total. The van der Waals surface area contributed by atoms with Gasteiger partial charge in [-0.2, -0.15) is 13.5 Å². The molecule has 0 aromatic rings. The molecule has 0 aromatic carbocycles. The van der Waals surface area contributed by atoms with Crippen LogP contribution < -0.4 is 10.8 Å². The lowest BCUT2D eigenvalue weighted by Crippen LogP contribution is -2.52. The molecule has 25 heavy (non-hydrogen) atoms. The van der Waals surface area contributed by atoms with Crippen LogP contribution in [0, 0.1) is 0 Å². The average molecular weight is 382 g/mol. The Kier molecular flexibility index (Phi) is 5.11. The molecule has 0 saturated carbocycles. The van der Waals surface area contributed by atoms with Gasteiger partial charge >= 0.3 is 16.4 Å². The molecule has 0 radical (unpaired) electrons. The largest absolute Gasteiger partial charge is 0.418 e. The summed E-state index contributed by atoms with van der Waals surface area (Å²) < 4.78 is 48.3. The smallest absolute Gasteiger partial charge is 0.314 e. The van der Waals surface area contributed by atoms with E-state index in [-0.39, 0.29) is 19.5 Å². The summed E-state index contributed by atoms with van der Waals surface area (Å²) in [5.74, 6) is -0.619. The summed E-state index contributed by atoms with van der Waals surface area (Å²) in [6, 6.07) is -2.32. The van der Waals surface area contributed by atoms with Crippen LogP contribution in [0.2, 0.25) is 0 Å². The summed E-state index contributed by atoms with van der Waals surface area (Å²) >= 11 is 0. The van der Waals surface area contributed by atoms with E-state index >= 15 is 0 Å². The van der Waals surface area contributed by atoms with Gasteiger partial charge in [-0.25, -0.2) is 14.7 Å². The van der Waals surface area contributed by atoms with Crippen molar-refractivity contribution in [3.05, 3.63) is 0 Å². The monoisotopic (exact) mass is 382 g/mol. The minimum atomic E-state index is -4.84. The zero-order chi connectivity index (χ0) is 18.2. The molecule has 3 aliphatic rings. The van der Waals surface area contributed by atoms with E-state index in [0.29, 0.717) is 24.4 Å². The second kappa shape index (κ2) is 6.99. The number of carbonyl (C=O) groups is 2. The molecule has 142 valence electrons. The van der Waals surface area contributed by atoms with E-state index in [0.717, 1.165) is 4.90 Å². The van der Waals surface area contributed by atoms with Crippen LogP contribution >= 0.6 is 0 Å². The molecule has 3 heterocycles. The molecule has 3 aliphatic heterocycles. The quantitative estimate of drug-likeness (QED) is 0.396. The van der Waals surface area contributed by atoms with Gasteiger partial charge in [-0.05, 0) is 25.8 Å². The standard InChI is InChI=1S/C12H19FN4O7S/c13-8-5-14-4-3-10(8)23-15-11(18)9-2-1-7-6-16(9)12(19)17(7)24-25(20,21)22/h7-10,14H,1-6H2,(H,15,18)(H,20,21,22)/t7?,8?,9-,10?/m0/s1. The summed E-state index contributed by atoms with van der Waals surface area (Å²) in [7, 11) is -4.84. The van der Waals surface area contributed by atoms with Crippen molar-refractivity contribution in [3.63, 3.8) is 0 Å². The third kappa shape index (κ3) is 4.00. The highest BCUT2D eigenvalue weighted by Crippen LogP contribution is 2.30. The Morgan fingerprint density at radius 1 is 1.36 bits per heavy atom. The van der Waals surface area contributed by atoms with Gasteiger partial charge in [-0.3, -0.25) is 14.2 Å². The van der Waals surface area contributed by atoms with Crippen LogP contribution in [0.15, 0.2) is 0 Å². The maximum atomic E-state index is 13.7. The van der Waals surface area contributed by atoms with Crippen molar-refractivity contribution in [2.75, 3.05) is 19.6 Å². The molecule has 3 saturated heterocycles. The number of alkyl halides is 1. The van der Waals surface area contributed by atoms with Crippen molar-refractivity contribution < 1.29 is 36.1 Å². The topological polar surface area (TPSA) is 138 Å². The highest BCUT2D eigenvalue weighted by molar-refractivity contribution is 7.80. The molecule has 4 atom stereocenters. The minimum Gasteiger partial charge on any atom is -0.314 e. The number of hydroxylamine groups is 3. The van der Waals surface area contributed by atoms with Gasteiger partial charge in [-0.1, -0.05) is 0 Å². The fourth-order valence-corrected chi connectivity index (χ4v) is 3.62. The molecule has 3 fully saturated rings. The van der Waals surface area contributed by atoms with E-state index in [4.69, 9.17) is 9.39 Å². The first kappa shape index (κ1) is 18.3. The van der Waals surface area contributed by atoms with E-state index < -0.39 is 46.7 Å². The zero-order valence-electron chi connectivity index (χ0n) is 13.1. The van der Waals surface area contributed by atoms with Crippen LogP contribution in [-0.4, -0.2) is 78.9 Å². The number of piperidine rings is 2. The second-order valence-corrected chi connectivity index (χ2v) is 7.15. The van der Waals surface area contributed by atoms with E-state index in [2.05, 4.69) is 15.1 Å². The van der Waals surface area contributed by atoms with Crippen LogP contribution in [0.3, 0.4) is 0 Å². The average Bonchev–Trinajstić information content (AvgIpc) is 2.77. The highest BCUT2D eigenvalue weighted by Gasteiger charge is 2.49. The van der Waals surface area contributed by atoms with Crippen LogP contribution in [0.5, 0.6) is 0 Å². The van der Waals surface area contributed by atoms with E-state index in [1.165, 1.54) is 0 Å². The summed E-state index contributed by atoms with van der Waals surface area (Å²) in [6.45, 7) is 0.780. The lowest BCUT2D eigenvalue weighted by atomic mass is 10.0. The van der Waals surface area contributed by atoms with Crippen molar-refractivity contribution in [2.24, 2.45) is 0 Å². The molecule has 0 spiro atoms. The fourth-order valence-electron chi connectivity index (χ4n) is 3.24. The highest BCUT2D eigenvalue weighted by atomic mass is 32.3. The first-order chi connectivity index (χ1) is 11.8. The maximum Gasteiger partial charge on any atom is 0.418 e. The molecular weight excluding hydrogens is 363 g/mol. The lowest BCUT2D eigenvalue weighted by molar-refractivity contribution is -0.149. The molecule has 11 nitrogen and oxygen atoms in total. The van der Waals surface area contributed by atoms with Gasteiger partial charge in [0.15, 0.2) is 0 Å². The Bertz CT molecular complexity index is 647. The Balaban J connectivity index is 1.58. The van der Waals surface area contributed by atoms with Crippen LogP contribution in [0.25, 0.3) is 0 Å². The van der Waals surface area contributed by atoms with E-state index in [1.54, 1.807) is 0 Å². The van der Waals surface area contributed by atoms with Crippen molar-refractivity contribution in [3.8, 4) is 0 Å². The van der Waals surface area contributed by atoms with Crippen molar-refractivity contribution >= 4 is 22.3 Å². The van der Waals surface area contributed by atoms with Gasteiger partial charge < -0.3 is 10.2 Å². The normalized spacial score (nSPS) is 32.8. The lowest BCUT2D eigenvalue weighted by Gasteiger charge is -2.31. The van der Waals surface area contributed by atoms with Gasteiger partial charge in [0.2, 0.25) is 0 Å². The number of urea groups is 1. The Labute approximate surface area is 143 Å². The predicted octanol–water partition coefficient (Wildman–Crippen LogP) is -1.26. The Hall–Kier alpha value is -1.54. The van der Waals surface area contributed by atoms with Gasteiger partial charge in [0.25, 0.3) is 5.91 Å². The summed E-state index contributed by atoms with van der Waals surface area (Å²) in [6.07, 6.45) is -1.07. The molecule has 3 unspecified atom stereocenters. The molecule has 0 aromatic heterocycles. The van der Waals surface area contributed by atoms with E-state index in [9.17, 15) is 22.4 Å². The number of hydrogen-bond acceptors (Lipinski definition) is 7. The molecule has 0 aliphatic carbocycles. The second-order valence-electron chi connectivity index (χ2n) is 6.14. The number of halogens is 1. The molecule has 3 amide bonds. The zero-order valence-corrected chi connectivity index (χ0v) is 13.9. The van der Waals surface area contributed by atoms with Crippen LogP contribution in [-0.2, 0) is 24.3 Å². The molecule has 3 rings (SSSR count). The summed E-state index contributed by atoms with van der Waals surface area (Å²) in [4.78, 5) is 30.7. The van der Waals surface area contributed by atoms with Crippen molar-refractivity contribution in [2.45, 2.75) is 43.6 Å².